The van der Waals surface area contributed by atoms with Crippen molar-refractivity contribution in [3.05, 3.63) is 23.3 Å². The lowest BCUT2D eigenvalue weighted by molar-refractivity contribution is 0.466. The van der Waals surface area contributed by atoms with Crippen LogP contribution in [-0.4, -0.2) is 23.1 Å². The molecule has 2 unspecified atom stereocenters. The monoisotopic (exact) mass is 233 g/mol. The molecule has 1 aromatic heterocycles. The van der Waals surface area contributed by atoms with Gasteiger partial charge in [0.25, 0.3) is 0 Å². The summed E-state index contributed by atoms with van der Waals surface area (Å²) < 4.78 is 0. The normalized spacial score (nSPS) is 18.5. The van der Waals surface area contributed by atoms with Gasteiger partial charge in [0.15, 0.2) is 0 Å². The molecule has 0 aromatic carbocycles. The van der Waals surface area contributed by atoms with E-state index in [1.54, 1.807) is 6.33 Å². The maximum absolute atomic E-state index is 4.58. The molecule has 0 amide bonds. The Hall–Kier alpha value is -0.960. The third kappa shape index (κ3) is 2.49. The topological polar surface area (TPSA) is 37.8 Å². The first-order valence-electron chi connectivity index (χ1n) is 6.77. The molecule has 1 heterocycles. The Kier molecular flexibility index (Phi) is 4.11. The number of rotatable bonds is 4. The van der Waals surface area contributed by atoms with Gasteiger partial charge in [0.1, 0.15) is 6.33 Å². The summed E-state index contributed by atoms with van der Waals surface area (Å²) in [5.74, 6) is 0.509. The van der Waals surface area contributed by atoms with Crippen LogP contribution in [0, 0.1) is 0 Å². The van der Waals surface area contributed by atoms with E-state index in [1.165, 1.54) is 36.2 Å². The fourth-order valence-corrected chi connectivity index (χ4v) is 2.85. The molecule has 2 atom stereocenters. The molecule has 0 saturated heterocycles. The van der Waals surface area contributed by atoms with Gasteiger partial charge in [-0.2, -0.15) is 0 Å². The van der Waals surface area contributed by atoms with E-state index in [0.717, 1.165) is 12.8 Å². The molecule has 1 aromatic rings. The minimum absolute atomic E-state index is 0.473. The molecule has 0 spiro atoms. The van der Waals surface area contributed by atoms with E-state index in [4.69, 9.17) is 0 Å². The van der Waals surface area contributed by atoms with Gasteiger partial charge in [-0.3, -0.25) is 0 Å². The highest BCUT2D eigenvalue weighted by Gasteiger charge is 2.24. The molecular weight excluding hydrogens is 210 g/mol. The van der Waals surface area contributed by atoms with Crippen LogP contribution in [0.15, 0.2) is 6.33 Å². The van der Waals surface area contributed by atoms with E-state index in [0.29, 0.717) is 12.0 Å². The van der Waals surface area contributed by atoms with Crippen LogP contribution in [0.5, 0.6) is 0 Å². The Morgan fingerprint density at radius 3 is 2.76 bits per heavy atom. The Labute approximate surface area is 104 Å². The Bertz CT molecular complexity index is 376. The lowest BCUT2D eigenvalue weighted by atomic mass is 9.86. The van der Waals surface area contributed by atoms with Crippen LogP contribution in [0.2, 0.25) is 0 Å². The van der Waals surface area contributed by atoms with E-state index in [-0.39, 0.29) is 0 Å². The summed E-state index contributed by atoms with van der Waals surface area (Å²) in [5.41, 5.74) is 4.02. The number of likely N-dealkylation sites (N-methyl/N-ethyl adjacent to an activating group) is 1. The van der Waals surface area contributed by atoms with Crippen LogP contribution in [0.4, 0.5) is 0 Å². The van der Waals surface area contributed by atoms with Gasteiger partial charge in [-0.1, -0.05) is 6.92 Å². The van der Waals surface area contributed by atoms with Crippen molar-refractivity contribution in [1.82, 2.24) is 15.3 Å². The third-order valence-electron chi connectivity index (χ3n) is 4.01. The number of nitrogens with one attached hydrogen (secondary N) is 1. The SMILES string of the molecule is CCC(c1ncnc2c1CCCC2)C(C)NC. The number of aromatic nitrogens is 2. The maximum atomic E-state index is 4.58. The van der Waals surface area contributed by atoms with Crippen molar-refractivity contribution in [2.24, 2.45) is 0 Å². The van der Waals surface area contributed by atoms with E-state index in [1.807, 2.05) is 7.05 Å². The zero-order chi connectivity index (χ0) is 12.3. The van der Waals surface area contributed by atoms with E-state index >= 15 is 0 Å². The molecule has 0 saturated carbocycles. The third-order valence-corrected chi connectivity index (χ3v) is 4.01. The maximum Gasteiger partial charge on any atom is 0.115 e. The Morgan fingerprint density at radius 2 is 2.06 bits per heavy atom. The van der Waals surface area contributed by atoms with Crippen LogP contribution in [0.1, 0.15) is 56.0 Å². The first-order chi connectivity index (χ1) is 8.27. The van der Waals surface area contributed by atoms with Gasteiger partial charge in [0.05, 0.1) is 5.69 Å². The molecule has 0 aliphatic heterocycles. The average Bonchev–Trinajstić information content (AvgIpc) is 2.39. The second-order valence-electron chi connectivity index (χ2n) is 4.98. The molecule has 0 bridgehead atoms. The van der Waals surface area contributed by atoms with Crippen molar-refractivity contribution in [3.8, 4) is 0 Å². The zero-order valence-corrected chi connectivity index (χ0v) is 11.2. The second kappa shape index (κ2) is 5.58. The summed E-state index contributed by atoms with van der Waals surface area (Å²) in [6, 6.07) is 0.473. The van der Waals surface area contributed by atoms with Crippen LogP contribution in [0.25, 0.3) is 0 Å². The second-order valence-corrected chi connectivity index (χ2v) is 4.98. The van der Waals surface area contributed by atoms with Crippen molar-refractivity contribution in [2.45, 2.75) is 57.9 Å². The highest BCUT2D eigenvalue weighted by Crippen LogP contribution is 2.29. The minimum Gasteiger partial charge on any atom is -0.317 e. The first kappa shape index (κ1) is 12.5. The standard InChI is InChI=1S/C14H23N3/c1-4-11(10(2)15-3)14-12-7-5-6-8-13(12)16-9-17-14/h9-11,15H,4-8H2,1-3H3. The summed E-state index contributed by atoms with van der Waals surface area (Å²) in [5, 5.41) is 3.36. The molecule has 3 nitrogen and oxygen atoms in total. The van der Waals surface area contributed by atoms with Crippen LogP contribution in [-0.2, 0) is 12.8 Å². The number of hydrogen-bond acceptors (Lipinski definition) is 3. The molecule has 17 heavy (non-hydrogen) atoms. The molecule has 2 rings (SSSR count). The van der Waals surface area contributed by atoms with Crippen molar-refractivity contribution >= 4 is 0 Å². The predicted molar refractivity (Wildman–Crippen MR) is 70.2 cm³/mol. The lowest BCUT2D eigenvalue weighted by Crippen LogP contribution is -2.30. The molecule has 1 aliphatic rings. The molecule has 1 N–H and O–H groups in total. The summed E-state index contributed by atoms with van der Waals surface area (Å²) in [6.07, 6.45) is 7.75. The molecule has 0 fully saturated rings. The van der Waals surface area contributed by atoms with Gasteiger partial charge < -0.3 is 5.32 Å². The van der Waals surface area contributed by atoms with Crippen molar-refractivity contribution in [3.63, 3.8) is 0 Å². The van der Waals surface area contributed by atoms with E-state index in [2.05, 4.69) is 29.1 Å². The molecule has 1 aliphatic carbocycles. The average molecular weight is 233 g/mol. The predicted octanol–water partition coefficient (Wildman–Crippen LogP) is 2.46. The smallest absolute Gasteiger partial charge is 0.115 e. The van der Waals surface area contributed by atoms with Gasteiger partial charge in [-0.25, -0.2) is 9.97 Å². The van der Waals surface area contributed by atoms with Crippen molar-refractivity contribution in [2.75, 3.05) is 7.05 Å². The largest absolute Gasteiger partial charge is 0.317 e. The van der Waals surface area contributed by atoms with E-state index < -0.39 is 0 Å². The molecule has 0 radical (unpaired) electrons. The molecule has 94 valence electrons. The number of nitrogens with zero attached hydrogens (tertiary/aromatic N) is 2. The van der Waals surface area contributed by atoms with Crippen LogP contribution >= 0.6 is 0 Å². The van der Waals surface area contributed by atoms with Gasteiger partial charge in [0.2, 0.25) is 0 Å². The van der Waals surface area contributed by atoms with Crippen molar-refractivity contribution in [1.29, 1.82) is 0 Å². The quantitative estimate of drug-likeness (QED) is 0.868. The summed E-state index contributed by atoms with van der Waals surface area (Å²) >= 11 is 0. The van der Waals surface area contributed by atoms with Crippen LogP contribution in [0.3, 0.4) is 0 Å². The Balaban J connectivity index is 2.36. The first-order valence-corrected chi connectivity index (χ1v) is 6.77. The molecular formula is C14H23N3. The summed E-state index contributed by atoms with van der Waals surface area (Å²) in [7, 11) is 2.03. The van der Waals surface area contributed by atoms with Crippen LogP contribution < -0.4 is 5.32 Å². The Morgan fingerprint density at radius 1 is 1.29 bits per heavy atom. The highest BCUT2D eigenvalue weighted by molar-refractivity contribution is 5.30. The van der Waals surface area contributed by atoms with Gasteiger partial charge in [0, 0.05) is 17.7 Å². The fourth-order valence-electron chi connectivity index (χ4n) is 2.85. The number of fused-ring (bicyclic) bond motifs is 1. The summed E-state index contributed by atoms with van der Waals surface area (Å²) in [6.45, 7) is 4.49. The highest BCUT2D eigenvalue weighted by atomic mass is 14.9. The lowest BCUT2D eigenvalue weighted by Gasteiger charge is -2.26. The van der Waals surface area contributed by atoms with Gasteiger partial charge in [-0.15, -0.1) is 0 Å². The number of hydrogen-bond donors (Lipinski definition) is 1. The zero-order valence-electron chi connectivity index (χ0n) is 11.2. The minimum atomic E-state index is 0.473. The number of aryl methyl sites for hydroxylation is 1. The van der Waals surface area contributed by atoms with Gasteiger partial charge >= 0.3 is 0 Å². The molecule has 3 heteroatoms. The summed E-state index contributed by atoms with van der Waals surface area (Å²) in [4.78, 5) is 9.03. The van der Waals surface area contributed by atoms with E-state index in [9.17, 15) is 0 Å². The van der Waals surface area contributed by atoms with Gasteiger partial charge in [-0.05, 0) is 51.6 Å². The fraction of sp³-hybridized carbons (Fsp3) is 0.714. The van der Waals surface area contributed by atoms with Crippen molar-refractivity contribution < 1.29 is 0 Å².